The third kappa shape index (κ3) is 53.9. The van der Waals surface area contributed by atoms with Crippen molar-refractivity contribution in [1.29, 1.82) is 0 Å². The van der Waals surface area contributed by atoms with Crippen LogP contribution >= 0.6 is 0 Å². The highest BCUT2D eigenvalue weighted by molar-refractivity contribution is 5.71. The number of hydrogen-bond donors (Lipinski definition) is 0. The van der Waals surface area contributed by atoms with E-state index in [1.165, 1.54) is 141 Å². The first-order valence-electron chi connectivity index (χ1n) is 28.8. The molecule has 0 bridgehead atoms. The molecule has 1 unspecified atom stereocenters. The fraction of sp³-hybridized carbons (Fsp3) is 0.787. The van der Waals surface area contributed by atoms with E-state index in [1.54, 1.807) is 0 Å². The van der Waals surface area contributed by atoms with Crippen molar-refractivity contribution in [3.8, 4) is 0 Å². The molecule has 0 fully saturated rings. The Bertz CT molecular complexity index is 1210. The fourth-order valence-electron chi connectivity index (χ4n) is 8.21. The van der Waals surface area contributed by atoms with Crippen molar-refractivity contribution in [3.05, 3.63) is 60.8 Å². The first kappa shape index (κ1) is 64.1. The molecule has 0 aromatic heterocycles. The summed E-state index contributed by atoms with van der Waals surface area (Å²) in [5, 5.41) is 0. The SMILES string of the molecule is CC/C=C\C/C=C\C/C=C\CCCCCCC(=O)OCC(COC(=O)CCCCCCC/C=C\C=C/CCCCCCCCC)OC(=O)CCCCCCCCCCCCCCCCCCC. The molecule has 0 aliphatic heterocycles. The molecule has 0 radical (unpaired) electrons. The van der Waals surface area contributed by atoms with Crippen molar-refractivity contribution in [1.82, 2.24) is 0 Å². The van der Waals surface area contributed by atoms with Gasteiger partial charge in [-0.15, -0.1) is 0 Å². The van der Waals surface area contributed by atoms with Crippen LogP contribution in [-0.2, 0) is 28.6 Å². The van der Waals surface area contributed by atoms with Crippen LogP contribution in [0.5, 0.6) is 0 Å². The highest BCUT2D eigenvalue weighted by atomic mass is 16.6. The monoisotopic (exact) mass is 937 g/mol. The predicted molar refractivity (Wildman–Crippen MR) is 288 cm³/mol. The third-order valence-electron chi connectivity index (χ3n) is 12.5. The van der Waals surface area contributed by atoms with E-state index in [-0.39, 0.29) is 31.1 Å². The molecule has 0 N–H and O–H groups in total. The van der Waals surface area contributed by atoms with Gasteiger partial charge in [-0.05, 0) is 77.0 Å². The average Bonchev–Trinajstić information content (AvgIpc) is 3.33. The van der Waals surface area contributed by atoms with Crippen molar-refractivity contribution in [2.24, 2.45) is 0 Å². The van der Waals surface area contributed by atoms with E-state index in [9.17, 15) is 14.4 Å². The fourth-order valence-corrected chi connectivity index (χ4v) is 8.21. The quantitative estimate of drug-likeness (QED) is 0.0199. The maximum Gasteiger partial charge on any atom is 0.306 e. The van der Waals surface area contributed by atoms with Gasteiger partial charge in [0.25, 0.3) is 0 Å². The van der Waals surface area contributed by atoms with Crippen LogP contribution in [-0.4, -0.2) is 37.2 Å². The van der Waals surface area contributed by atoms with Gasteiger partial charge in [0.15, 0.2) is 6.10 Å². The largest absolute Gasteiger partial charge is 0.462 e. The summed E-state index contributed by atoms with van der Waals surface area (Å²) in [6, 6.07) is 0. The molecule has 0 spiro atoms. The zero-order chi connectivity index (χ0) is 48.6. The van der Waals surface area contributed by atoms with Gasteiger partial charge in [0.1, 0.15) is 13.2 Å². The van der Waals surface area contributed by atoms with Crippen LogP contribution in [0, 0.1) is 0 Å². The normalized spacial score (nSPS) is 12.5. The van der Waals surface area contributed by atoms with Gasteiger partial charge in [-0.2, -0.15) is 0 Å². The molecule has 6 nitrogen and oxygen atoms in total. The summed E-state index contributed by atoms with van der Waals surface area (Å²) in [4.78, 5) is 38.1. The zero-order valence-electron chi connectivity index (χ0n) is 44.4. The van der Waals surface area contributed by atoms with E-state index in [4.69, 9.17) is 14.2 Å². The summed E-state index contributed by atoms with van der Waals surface area (Å²) in [7, 11) is 0. The molecular weight excluding hydrogens is 829 g/mol. The Hall–Kier alpha value is -2.89. The van der Waals surface area contributed by atoms with Crippen LogP contribution in [0.25, 0.3) is 0 Å². The molecule has 6 heteroatoms. The molecular formula is C61H108O6. The molecule has 0 aromatic rings. The Morgan fingerprint density at radius 1 is 0.328 bits per heavy atom. The lowest BCUT2D eigenvalue weighted by Gasteiger charge is -2.18. The molecule has 67 heavy (non-hydrogen) atoms. The summed E-state index contributed by atoms with van der Waals surface area (Å²) in [5.74, 6) is -0.911. The molecule has 0 aliphatic rings. The van der Waals surface area contributed by atoms with Crippen LogP contribution in [0.2, 0.25) is 0 Å². The highest BCUT2D eigenvalue weighted by Gasteiger charge is 2.19. The van der Waals surface area contributed by atoms with Crippen LogP contribution in [0.4, 0.5) is 0 Å². The number of ether oxygens (including phenoxy) is 3. The topological polar surface area (TPSA) is 78.9 Å². The highest BCUT2D eigenvalue weighted by Crippen LogP contribution is 2.16. The lowest BCUT2D eigenvalue weighted by atomic mass is 10.0. The maximum atomic E-state index is 12.9. The molecule has 0 saturated heterocycles. The number of carbonyl (C=O) groups excluding carboxylic acids is 3. The van der Waals surface area contributed by atoms with E-state index in [1.807, 2.05) is 0 Å². The van der Waals surface area contributed by atoms with Crippen molar-refractivity contribution in [2.45, 2.75) is 297 Å². The van der Waals surface area contributed by atoms with Gasteiger partial charge in [0, 0.05) is 19.3 Å². The van der Waals surface area contributed by atoms with Crippen molar-refractivity contribution in [2.75, 3.05) is 13.2 Å². The van der Waals surface area contributed by atoms with Gasteiger partial charge in [0.05, 0.1) is 0 Å². The third-order valence-corrected chi connectivity index (χ3v) is 12.5. The first-order valence-corrected chi connectivity index (χ1v) is 28.8. The minimum absolute atomic E-state index is 0.0874. The Labute approximate surface area is 415 Å². The van der Waals surface area contributed by atoms with Crippen molar-refractivity contribution in [3.63, 3.8) is 0 Å². The van der Waals surface area contributed by atoms with Crippen molar-refractivity contribution < 1.29 is 28.6 Å². The average molecular weight is 938 g/mol. The number of allylic oxidation sites excluding steroid dienone is 10. The first-order chi connectivity index (χ1) is 33.0. The Morgan fingerprint density at radius 2 is 0.627 bits per heavy atom. The van der Waals surface area contributed by atoms with Crippen LogP contribution in [0.3, 0.4) is 0 Å². The summed E-state index contributed by atoms with van der Waals surface area (Å²) in [6.45, 7) is 6.52. The zero-order valence-corrected chi connectivity index (χ0v) is 44.4. The summed E-state index contributed by atoms with van der Waals surface area (Å²) >= 11 is 0. The smallest absolute Gasteiger partial charge is 0.306 e. The minimum atomic E-state index is -0.788. The second-order valence-corrected chi connectivity index (χ2v) is 19.2. The Balaban J connectivity index is 4.40. The molecule has 0 amide bonds. The second kappa shape index (κ2) is 55.7. The molecule has 0 saturated carbocycles. The molecule has 0 aliphatic carbocycles. The second-order valence-electron chi connectivity index (χ2n) is 19.2. The summed E-state index contributed by atoms with van der Waals surface area (Å²) in [6.07, 6.45) is 69.2. The van der Waals surface area contributed by atoms with E-state index in [0.717, 1.165) is 109 Å². The summed E-state index contributed by atoms with van der Waals surface area (Å²) < 4.78 is 16.8. The van der Waals surface area contributed by atoms with Crippen LogP contribution in [0.1, 0.15) is 290 Å². The number of carbonyl (C=O) groups is 3. The number of rotatable bonds is 52. The van der Waals surface area contributed by atoms with Gasteiger partial charge in [0.2, 0.25) is 0 Å². The predicted octanol–water partition coefficient (Wildman–Crippen LogP) is 19.2. The molecule has 1 atom stereocenters. The lowest BCUT2D eigenvalue weighted by Crippen LogP contribution is -2.30. The van der Waals surface area contributed by atoms with Gasteiger partial charge < -0.3 is 14.2 Å². The van der Waals surface area contributed by atoms with Gasteiger partial charge in [-0.1, -0.05) is 255 Å². The Morgan fingerprint density at radius 3 is 1.00 bits per heavy atom. The number of unbranched alkanes of at least 4 members (excludes halogenated alkanes) is 32. The standard InChI is InChI=1S/C61H108O6/c1-4-7-10-13-16-19-22-25-28-30-32-33-36-39-42-45-48-51-54-60(63)66-57-58(56-65-59(62)53-50-47-44-41-38-35-27-24-21-18-15-12-9-6-3)67-61(64)55-52-49-46-43-40-37-34-31-29-26-23-20-17-14-11-8-5-2/h9,12,18,21,27-28,30,32-33,35,58H,4-8,10-11,13-17,19-20,22-26,29,31,34,36-57H2,1-3H3/b12-9-,21-18-,30-28-,33-32-,35-27-. The van der Waals surface area contributed by atoms with Crippen molar-refractivity contribution >= 4 is 17.9 Å². The van der Waals surface area contributed by atoms with E-state index in [0.29, 0.717) is 19.3 Å². The molecule has 0 rings (SSSR count). The Kier molecular flexibility index (Phi) is 53.3. The molecule has 388 valence electrons. The van der Waals surface area contributed by atoms with Gasteiger partial charge in [-0.3, -0.25) is 14.4 Å². The van der Waals surface area contributed by atoms with E-state index >= 15 is 0 Å². The van der Waals surface area contributed by atoms with Crippen LogP contribution < -0.4 is 0 Å². The number of esters is 3. The maximum absolute atomic E-state index is 12.9. The lowest BCUT2D eigenvalue weighted by molar-refractivity contribution is -0.167. The van der Waals surface area contributed by atoms with Gasteiger partial charge in [-0.25, -0.2) is 0 Å². The minimum Gasteiger partial charge on any atom is -0.462 e. The van der Waals surface area contributed by atoms with Gasteiger partial charge >= 0.3 is 17.9 Å². The molecule has 0 heterocycles. The number of hydrogen-bond acceptors (Lipinski definition) is 6. The molecule has 0 aromatic carbocycles. The van der Waals surface area contributed by atoms with E-state index in [2.05, 4.69) is 81.5 Å². The summed E-state index contributed by atoms with van der Waals surface area (Å²) in [5.41, 5.74) is 0. The van der Waals surface area contributed by atoms with Crippen LogP contribution in [0.15, 0.2) is 60.8 Å². The van der Waals surface area contributed by atoms with E-state index < -0.39 is 6.10 Å².